The van der Waals surface area contributed by atoms with Crippen LogP contribution >= 0.6 is 11.8 Å². The summed E-state index contributed by atoms with van der Waals surface area (Å²) in [6.45, 7) is 0. The molecule has 2 N–H and O–H groups in total. The second-order valence-corrected chi connectivity index (χ2v) is 9.85. The maximum atomic E-state index is 12.6. The van der Waals surface area contributed by atoms with E-state index in [1.54, 1.807) is 0 Å². The van der Waals surface area contributed by atoms with Crippen molar-refractivity contribution in [1.82, 2.24) is 15.4 Å². The number of hydrazone groups is 1. The van der Waals surface area contributed by atoms with Crippen LogP contribution in [0.2, 0.25) is 0 Å². The molecular formula is C23H19N5O7S2. The molecule has 0 atom stereocenters. The average Bonchev–Trinajstić information content (AvgIpc) is 3.31. The van der Waals surface area contributed by atoms with Crippen LogP contribution in [0.3, 0.4) is 0 Å². The number of non-ortho nitro benzene ring substituents is 1. The van der Waals surface area contributed by atoms with E-state index < -0.39 is 15.0 Å². The Morgan fingerprint density at radius 3 is 2.62 bits per heavy atom. The van der Waals surface area contributed by atoms with Crippen LogP contribution in [-0.2, 0) is 14.9 Å². The summed E-state index contributed by atoms with van der Waals surface area (Å²) in [6, 6.07) is 16.2. The summed E-state index contributed by atoms with van der Waals surface area (Å²) in [4.78, 5) is 29.5. The summed E-state index contributed by atoms with van der Waals surface area (Å²) in [5, 5.41) is 15.3. The predicted molar refractivity (Wildman–Crippen MR) is 136 cm³/mol. The Balaban J connectivity index is 1.35. The van der Waals surface area contributed by atoms with Gasteiger partial charge in [-0.2, -0.15) is 13.5 Å². The molecule has 14 heteroatoms. The van der Waals surface area contributed by atoms with Crippen LogP contribution < -0.4 is 14.3 Å². The molecule has 1 heterocycles. The lowest BCUT2D eigenvalue weighted by Crippen LogP contribution is -2.19. The first-order chi connectivity index (χ1) is 17.7. The van der Waals surface area contributed by atoms with E-state index >= 15 is 0 Å². The molecule has 0 bridgehead atoms. The Labute approximate surface area is 215 Å². The minimum absolute atomic E-state index is 0.0910. The fraction of sp³-hybridized carbons (Fsp3) is 0.0870. The second kappa shape index (κ2) is 11.1. The highest BCUT2D eigenvalue weighted by Gasteiger charge is 2.20. The number of nitro groups is 1. The maximum absolute atomic E-state index is 12.6. The van der Waals surface area contributed by atoms with Gasteiger partial charge in [0.25, 0.3) is 11.6 Å². The molecule has 0 radical (unpaired) electrons. The number of rotatable bonds is 10. The summed E-state index contributed by atoms with van der Waals surface area (Å²) in [6.07, 6.45) is 1.36. The molecule has 12 nitrogen and oxygen atoms in total. The number of aromatic nitrogens is 2. The van der Waals surface area contributed by atoms with Crippen molar-refractivity contribution in [3.63, 3.8) is 0 Å². The van der Waals surface area contributed by atoms with Gasteiger partial charge in [0.2, 0.25) is 0 Å². The molecule has 0 saturated heterocycles. The molecule has 190 valence electrons. The molecule has 0 fully saturated rings. The predicted octanol–water partition coefficient (Wildman–Crippen LogP) is 3.49. The average molecular weight is 542 g/mol. The van der Waals surface area contributed by atoms with E-state index in [2.05, 4.69) is 20.5 Å². The quantitative estimate of drug-likeness (QED) is 0.100. The maximum Gasteiger partial charge on any atom is 0.339 e. The number of ether oxygens (including phenoxy) is 1. The Bertz CT molecular complexity index is 1550. The van der Waals surface area contributed by atoms with Crippen molar-refractivity contribution in [2.24, 2.45) is 5.10 Å². The van der Waals surface area contributed by atoms with Gasteiger partial charge in [0, 0.05) is 12.1 Å². The minimum Gasteiger partial charge on any atom is -0.493 e. The van der Waals surface area contributed by atoms with Crippen molar-refractivity contribution < 1.29 is 27.1 Å². The number of nitro benzene ring substituents is 1. The van der Waals surface area contributed by atoms with Crippen LogP contribution in [0.5, 0.6) is 11.5 Å². The number of nitrogens with zero attached hydrogens (tertiary/aromatic N) is 3. The molecule has 0 saturated carbocycles. The fourth-order valence-electron chi connectivity index (χ4n) is 3.08. The molecular weight excluding hydrogens is 522 g/mol. The summed E-state index contributed by atoms with van der Waals surface area (Å²) >= 11 is 1.23. The molecule has 4 rings (SSSR count). The Morgan fingerprint density at radius 2 is 1.92 bits per heavy atom. The van der Waals surface area contributed by atoms with Gasteiger partial charge in [-0.3, -0.25) is 14.9 Å². The van der Waals surface area contributed by atoms with E-state index in [1.165, 1.54) is 43.3 Å². The molecule has 4 aromatic rings. The number of benzene rings is 3. The van der Waals surface area contributed by atoms with Gasteiger partial charge in [0.05, 0.1) is 35.0 Å². The van der Waals surface area contributed by atoms with Crippen molar-refractivity contribution in [2.45, 2.75) is 10.1 Å². The normalized spacial score (nSPS) is 11.5. The van der Waals surface area contributed by atoms with E-state index in [0.29, 0.717) is 10.7 Å². The van der Waals surface area contributed by atoms with Gasteiger partial charge in [-0.05, 0) is 48.0 Å². The number of carbonyl (C=O) groups is 1. The van der Waals surface area contributed by atoms with Crippen molar-refractivity contribution in [1.29, 1.82) is 0 Å². The van der Waals surface area contributed by atoms with Crippen LogP contribution in [0.15, 0.2) is 81.9 Å². The number of hydrogen-bond acceptors (Lipinski definition) is 10. The SMILES string of the molecule is COc1cc(/C=N\NC(=O)CSc2nc3ccccc3[nH]2)ccc1OS(=O)(=O)c1ccc([N+](=O)[O-])cc1. The summed E-state index contributed by atoms with van der Waals surface area (Å²) in [5.41, 5.74) is 4.35. The number of amides is 1. The van der Waals surface area contributed by atoms with Crippen LogP contribution in [0.1, 0.15) is 5.56 Å². The smallest absolute Gasteiger partial charge is 0.339 e. The minimum atomic E-state index is -4.27. The number of para-hydroxylation sites is 2. The molecule has 1 aromatic heterocycles. The fourth-order valence-corrected chi connectivity index (χ4v) is 4.69. The van der Waals surface area contributed by atoms with Gasteiger partial charge in [0.1, 0.15) is 4.90 Å². The molecule has 0 aliphatic carbocycles. The van der Waals surface area contributed by atoms with Gasteiger partial charge in [-0.25, -0.2) is 10.4 Å². The summed E-state index contributed by atoms with van der Waals surface area (Å²) in [5.74, 6) is -0.249. The lowest BCUT2D eigenvalue weighted by Gasteiger charge is -2.11. The zero-order valence-corrected chi connectivity index (χ0v) is 20.8. The standard InChI is InChI=1S/C23H19N5O7S2/c1-34-21-12-15(6-11-20(21)35-37(32,33)17-9-7-16(8-10-17)28(30)31)13-24-27-22(29)14-36-23-25-18-4-2-3-5-19(18)26-23/h2-13H,14H2,1H3,(H,25,26)(H,27,29)/b24-13-. The van der Waals surface area contributed by atoms with Gasteiger partial charge in [-0.1, -0.05) is 23.9 Å². The number of fused-ring (bicyclic) bond motifs is 1. The lowest BCUT2D eigenvalue weighted by atomic mass is 10.2. The topological polar surface area (TPSA) is 166 Å². The van der Waals surface area contributed by atoms with Crippen molar-refractivity contribution in [3.8, 4) is 11.5 Å². The second-order valence-electron chi connectivity index (χ2n) is 7.34. The Hall–Kier alpha value is -4.43. The Morgan fingerprint density at radius 1 is 1.16 bits per heavy atom. The van der Waals surface area contributed by atoms with E-state index in [1.807, 2.05) is 24.3 Å². The molecule has 0 aliphatic rings. The first-order valence-electron chi connectivity index (χ1n) is 10.5. The highest BCUT2D eigenvalue weighted by atomic mass is 32.2. The third-order valence-electron chi connectivity index (χ3n) is 4.83. The van der Waals surface area contributed by atoms with E-state index in [0.717, 1.165) is 35.3 Å². The van der Waals surface area contributed by atoms with Crippen LogP contribution in [-0.4, -0.2) is 48.3 Å². The van der Waals surface area contributed by atoms with Gasteiger partial charge >= 0.3 is 10.1 Å². The lowest BCUT2D eigenvalue weighted by molar-refractivity contribution is -0.384. The number of H-pyrrole nitrogens is 1. The van der Waals surface area contributed by atoms with Crippen molar-refractivity contribution in [2.75, 3.05) is 12.9 Å². The first kappa shape index (κ1) is 25.7. The number of hydrogen-bond donors (Lipinski definition) is 2. The highest BCUT2D eigenvalue weighted by Crippen LogP contribution is 2.31. The molecule has 0 aliphatic heterocycles. The third kappa shape index (κ3) is 6.42. The third-order valence-corrected chi connectivity index (χ3v) is 6.96. The van der Waals surface area contributed by atoms with Crippen LogP contribution in [0.25, 0.3) is 11.0 Å². The number of aromatic amines is 1. The van der Waals surface area contributed by atoms with E-state index in [-0.39, 0.29) is 33.7 Å². The number of imidazole rings is 1. The summed E-state index contributed by atoms with van der Waals surface area (Å²) < 4.78 is 35.5. The molecule has 37 heavy (non-hydrogen) atoms. The molecule has 3 aromatic carbocycles. The number of thioether (sulfide) groups is 1. The molecule has 1 amide bonds. The highest BCUT2D eigenvalue weighted by molar-refractivity contribution is 7.99. The van der Waals surface area contributed by atoms with Crippen molar-refractivity contribution in [3.05, 3.63) is 82.4 Å². The number of methoxy groups -OCH3 is 1. The van der Waals surface area contributed by atoms with Gasteiger partial charge in [0.15, 0.2) is 16.7 Å². The van der Waals surface area contributed by atoms with Crippen molar-refractivity contribution >= 4 is 50.7 Å². The van der Waals surface area contributed by atoms with E-state index in [9.17, 15) is 23.3 Å². The van der Waals surface area contributed by atoms with Crippen LogP contribution in [0.4, 0.5) is 5.69 Å². The van der Waals surface area contributed by atoms with Gasteiger partial charge in [-0.15, -0.1) is 0 Å². The largest absolute Gasteiger partial charge is 0.493 e. The first-order valence-corrected chi connectivity index (χ1v) is 12.9. The summed E-state index contributed by atoms with van der Waals surface area (Å²) in [7, 11) is -2.94. The molecule has 0 unspecified atom stereocenters. The zero-order chi connectivity index (χ0) is 26.4. The number of carbonyl (C=O) groups excluding carboxylic acids is 1. The number of nitrogens with one attached hydrogen (secondary N) is 2. The van der Waals surface area contributed by atoms with Gasteiger partial charge < -0.3 is 13.9 Å². The zero-order valence-electron chi connectivity index (χ0n) is 19.2. The Kier molecular flexibility index (Phi) is 7.69. The monoisotopic (exact) mass is 541 g/mol. The van der Waals surface area contributed by atoms with Crippen LogP contribution in [0, 0.1) is 10.1 Å². The molecule has 0 spiro atoms. The van der Waals surface area contributed by atoms with E-state index in [4.69, 9.17) is 8.92 Å².